The molecule has 1 fully saturated rings. The number of urea groups is 1. The van der Waals surface area contributed by atoms with Gasteiger partial charge in [0.25, 0.3) is 5.56 Å². The summed E-state index contributed by atoms with van der Waals surface area (Å²) in [4.78, 5) is 45.1. The summed E-state index contributed by atoms with van der Waals surface area (Å²) in [5.41, 5.74) is 1.16. The highest BCUT2D eigenvalue weighted by atomic mass is 32.2. The summed E-state index contributed by atoms with van der Waals surface area (Å²) in [6.07, 6.45) is 0. The first-order valence-electron chi connectivity index (χ1n) is 12.7. The van der Waals surface area contributed by atoms with Crippen molar-refractivity contribution < 1.29 is 28.5 Å². The van der Waals surface area contributed by atoms with Crippen LogP contribution in [0.15, 0.2) is 58.5 Å². The number of carbonyl (C=O) groups excluding carboxylic acids is 2. The van der Waals surface area contributed by atoms with Crippen LogP contribution in [0.3, 0.4) is 0 Å². The first-order valence-corrected chi connectivity index (χ1v) is 14.5. The first-order chi connectivity index (χ1) is 20.0. The van der Waals surface area contributed by atoms with Gasteiger partial charge in [-0.3, -0.25) is 14.9 Å². The van der Waals surface area contributed by atoms with Crippen LogP contribution in [-0.4, -0.2) is 67.6 Å². The van der Waals surface area contributed by atoms with Gasteiger partial charge < -0.3 is 29.3 Å². The van der Waals surface area contributed by atoms with Gasteiger partial charge in [-0.05, 0) is 48.0 Å². The fourth-order valence-electron chi connectivity index (χ4n) is 4.38. The molecule has 4 heterocycles. The van der Waals surface area contributed by atoms with Crippen molar-refractivity contribution in [2.24, 2.45) is 0 Å². The number of morpholine rings is 1. The highest BCUT2D eigenvalue weighted by Crippen LogP contribution is 2.35. The van der Waals surface area contributed by atoms with Crippen LogP contribution in [0, 0.1) is 0 Å². The number of hydrogen-bond acceptors (Lipinski definition) is 11. The molecule has 0 aliphatic carbocycles. The van der Waals surface area contributed by atoms with Gasteiger partial charge >= 0.3 is 6.03 Å². The summed E-state index contributed by atoms with van der Waals surface area (Å²) < 4.78 is 22.8. The molecule has 3 amide bonds. The minimum absolute atomic E-state index is 0.115. The Morgan fingerprint density at radius 1 is 1.07 bits per heavy atom. The van der Waals surface area contributed by atoms with E-state index in [2.05, 4.69) is 10.6 Å². The van der Waals surface area contributed by atoms with Crippen molar-refractivity contribution in [1.82, 2.24) is 15.0 Å². The third-order valence-electron chi connectivity index (χ3n) is 6.37. The Morgan fingerprint density at radius 2 is 1.85 bits per heavy atom. The van der Waals surface area contributed by atoms with Crippen LogP contribution < -0.4 is 35.4 Å². The van der Waals surface area contributed by atoms with Crippen LogP contribution >= 0.6 is 23.1 Å². The van der Waals surface area contributed by atoms with E-state index in [0.717, 1.165) is 28.0 Å². The maximum Gasteiger partial charge on any atom is 0.325 e. The van der Waals surface area contributed by atoms with Gasteiger partial charge in [-0.25, -0.2) is 9.78 Å². The van der Waals surface area contributed by atoms with Crippen molar-refractivity contribution in [3.05, 3.63) is 58.9 Å². The van der Waals surface area contributed by atoms with Gasteiger partial charge in [-0.15, -0.1) is 11.3 Å². The Hall–Kier alpha value is -4.27. The fourth-order valence-corrected chi connectivity index (χ4v) is 6.27. The monoisotopic (exact) mass is 595 g/mol. The van der Waals surface area contributed by atoms with Gasteiger partial charge in [-0.1, -0.05) is 11.8 Å². The average molecular weight is 596 g/mol. The second-order valence-corrected chi connectivity index (χ2v) is 11.0. The number of thiophene rings is 1. The summed E-state index contributed by atoms with van der Waals surface area (Å²) in [6.45, 7) is 2.05. The fraction of sp³-hybridized carbons (Fsp3) is 0.259. The topological polar surface area (TPSA) is 133 Å². The third-order valence-corrected chi connectivity index (χ3v) is 8.38. The van der Waals surface area contributed by atoms with Crippen LogP contribution in [0.5, 0.6) is 17.2 Å². The number of fused-ring (bicyclic) bond motifs is 2. The molecule has 2 N–H and O–H groups in total. The van der Waals surface area contributed by atoms with Gasteiger partial charge in [-0.2, -0.15) is 4.68 Å². The predicted octanol–water partition coefficient (Wildman–Crippen LogP) is 3.27. The highest BCUT2D eigenvalue weighted by molar-refractivity contribution is 7.99. The van der Waals surface area contributed by atoms with Crippen molar-refractivity contribution in [3.63, 3.8) is 0 Å². The van der Waals surface area contributed by atoms with E-state index in [1.807, 2.05) is 35.3 Å². The van der Waals surface area contributed by atoms with Gasteiger partial charge in [0.15, 0.2) is 16.7 Å². The second-order valence-electron chi connectivity index (χ2n) is 8.99. The smallest absolute Gasteiger partial charge is 0.325 e. The minimum Gasteiger partial charge on any atom is -0.497 e. The molecular formula is C27H25N5O7S2. The van der Waals surface area contributed by atoms with Gasteiger partial charge in [0.2, 0.25) is 12.7 Å². The van der Waals surface area contributed by atoms with Crippen LogP contribution in [0.1, 0.15) is 0 Å². The molecule has 2 aromatic heterocycles. The zero-order valence-electron chi connectivity index (χ0n) is 21.9. The number of nitrogens with zero attached hydrogens (tertiary/aromatic N) is 3. The molecule has 41 heavy (non-hydrogen) atoms. The number of anilines is 1. The van der Waals surface area contributed by atoms with Crippen molar-refractivity contribution >= 4 is 50.9 Å². The maximum absolute atomic E-state index is 13.7. The third kappa shape index (κ3) is 5.80. The van der Waals surface area contributed by atoms with E-state index >= 15 is 0 Å². The first kappa shape index (κ1) is 26.9. The lowest BCUT2D eigenvalue weighted by Crippen LogP contribution is -2.49. The Kier molecular flexibility index (Phi) is 7.67. The van der Waals surface area contributed by atoms with Gasteiger partial charge in [0.1, 0.15) is 10.6 Å². The summed E-state index contributed by atoms with van der Waals surface area (Å²) in [5, 5.41) is 7.64. The molecule has 2 aromatic carbocycles. The summed E-state index contributed by atoms with van der Waals surface area (Å²) in [5.74, 6) is 1.16. The Balaban J connectivity index is 1.20. The molecule has 0 radical (unpaired) electrons. The minimum atomic E-state index is -0.689. The van der Waals surface area contributed by atoms with Gasteiger partial charge in [0.05, 0.1) is 44.6 Å². The Bertz CT molecular complexity index is 1670. The van der Waals surface area contributed by atoms with E-state index < -0.39 is 11.9 Å². The number of imide groups is 1. The van der Waals surface area contributed by atoms with Crippen LogP contribution in [0.2, 0.25) is 0 Å². The molecule has 6 rings (SSSR count). The van der Waals surface area contributed by atoms with Crippen LogP contribution in [0.25, 0.3) is 20.7 Å². The summed E-state index contributed by atoms with van der Waals surface area (Å²) >= 11 is 2.48. The number of aromatic nitrogens is 2. The number of thioether (sulfide) groups is 1. The molecule has 0 unspecified atom stereocenters. The van der Waals surface area contributed by atoms with E-state index in [9.17, 15) is 14.4 Å². The highest BCUT2D eigenvalue weighted by Gasteiger charge is 2.22. The zero-order chi connectivity index (χ0) is 28.3. The van der Waals surface area contributed by atoms with Crippen molar-refractivity contribution in [1.29, 1.82) is 0 Å². The molecule has 212 valence electrons. The molecule has 2 aliphatic heterocycles. The van der Waals surface area contributed by atoms with E-state index in [4.69, 9.17) is 23.9 Å². The molecule has 0 spiro atoms. The van der Waals surface area contributed by atoms with Crippen molar-refractivity contribution in [3.8, 4) is 27.7 Å². The Labute approximate surface area is 242 Å². The van der Waals surface area contributed by atoms with E-state index in [1.165, 1.54) is 16.0 Å². The van der Waals surface area contributed by atoms with Crippen molar-refractivity contribution in [2.75, 3.05) is 56.3 Å². The maximum atomic E-state index is 13.7. The zero-order valence-corrected chi connectivity index (χ0v) is 23.5. The van der Waals surface area contributed by atoms with Crippen molar-refractivity contribution in [2.45, 2.75) is 5.16 Å². The van der Waals surface area contributed by atoms with E-state index in [-0.39, 0.29) is 18.1 Å². The quantitative estimate of drug-likeness (QED) is 0.242. The number of methoxy groups -OCH3 is 1. The molecular weight excluding hydrogens is 570 g/mol. The molecule has 0 atom stereocenters. The van der Waals surface area contributed by atoms with E-state index in [0.29, 0.717) is 58.9 Å². The molecule has 4 aromatic rings. The second kappa shape index (κ2) is 11.7. The molecule has 2 aliphatic rings. The number of hydrogen-bond donors (Lipinski definition) is 2. The number of amides is 3. The SMILES string of the molecule is COc1ccc(-c2cc3c(=O)n(N4CCOCC4)c(SCC(=O)NC(=O)Nc4ccc5c(c4)OCO5)nc3s2)cc1. The predicted molar refractivity (Wildman–Crippen MR) is 155 cm³/mol. The summed E-state index contributed by atoms with van der Waals surface area (Å²) in [6, 6.07) is 13.7. The summed E-state index contributed by atoms with van der Waals surface area (Å²) in [7, 11) is 1.61. The number of ether oxygens (including phenoxy) is 4. The molecule has 0 bridgehead atoms. The van der Waals surface area contributed by atoms with Gasteiger partial charge in [0, 0.05) is 16.6 Å². The van der Waals surface area contributed by atoms with E-state index in [1.54, 1.807) is 25.3 Å². The number of nitrogens with one attached hydrogen (secondary N) is 2. The lowest BCUT2D eigenvalue weighted by molar-refractivity contribution is -0.117. The standard InChI is InChI=1S/C27H25N5O7S2/c1-36-18-5-2-16(3-6-18)22-13-19-24(41-22)30-27(32(25(19)34)31-8-10-37-11-9-31)40-14-23(33)29-26(35)28-17-4-7-20-21(12-17)39-15-38-20/h2-7,12-13H,8-11,14-15H2,1H3,(H2,28,29,33,35). The molecule has 12 nitrogen and oxygen atoms in total. The van der Waals surface area contributed by atoms with Crippen LogP contribution in [0.4, 0.5) is 10.5 Å². The lowest BCUT2D eigenvalue weighted by Gasteiger charge is -2.31. The molecule has 1 saturated heterocycles. The molecule has 0 saturated carbocycles. The lowest BCUT2D eigenvalue weighted by atomic mass is 10.2. The number of rotatable bonds is 7. The molecule has 14 heteroatoms. The van der Waals surface area contributed by atoms with Crippen LogP contribution in [-0.2, 0) is 9.53 Å². The number of carbonyl (C=O) groups is 2. The number of benzene rings is 2. The average Bonchev–Trinajstić information content (AvgIpc) is 3.64. The largest absolute Gasteiger partial charge is 0.497 e. The Morgan fingerprint density at radius 3 is 2.63 bits per heavy atom. The normalized spacial score (nSPS) is 14.2.